The molecule has 198 valence electrons. The van der Waals surface area contributed by atoms with Crippen molar-refractivity contribution >= 4 is 17.7 Å². The van der Waals surface area contributed by atoms with Crippen molar-refractivity contribution in [2.75, 3.05) is 18.8 Å². The predicted molar refractivity (Wildman–Crippen MR) is 151 cm³/mol. The first-order valence-electron chi connectivity index (χ1n) is 13.4. The van der Waals surface area contributed by atoms with E-state index in [0.717, 1.165) is 61.9 Å². The number of thioether (sulfide) groups is 1. The molecular formula is C30H35N5O2S. The van der Waals surface area contributed by atoms with E-state index in [4.69, 9.17) is 4.42 Å². The Kier molecular flexibility index (Phi) is 8.94. The van der Waals surface area contributed by atoms with E-state index in [2.05, 4.69) is 75.9 Å². The summed E-state index contributed by atoms with van der Waals surface area (Å²) < 4.78 is 7.66. The molecule has 1 N–H and O–H groups in total. The molecule has 1 amide bonds. The van der Waals surface area contributed by atoms with Gasteiger partial charge in [0.05, 0.1) is 12.0 Å². The molecule has 0 aliphatic carbocycles. The number of aromatic nitrogens is 3. The van der Waals surface area contributed by atoms with E-state index in [1.165, 1.54) is 11.1 Å². The zero-order valence-electron chi connectivity index (χ0n) is 21.9. The second-order valence-electron chi connectivity index (χ2n) is 9.87. The van der Waals surface area contributed by atoms with Gasteiger partial charge in [-0.05, 0) is 68.0 Å². The minimum atomic E-state index is 0.166. The Hall–Kier alpha value is -3.36. The number of piperidine rings is 1. The molecule has 1 fully saturated rings. The van der Waals surface area contributed by atoms with Gasteiger partial charge >= 0.3 is 0 Å². The molecular weight excluding hydrogens is 494 g/mol. The van der Waals surface area contributed by atoms with Gasteiger partial charge in [-0.15, -0.1) is 10.2 Å². The lowest BCUT2D eigenvalue weighted by Crippen LogP contribution is -2.44. The number of likely N-dealkylation sites (tertiary alicyclic amines) is 1. The van der Waals surface area contributed by atoms with Crippen molar-refractivity contribution in [2.45, 2.75) is 56.8 Å². The molecule has 0 spiro atoms. The van der Waals surface area contributed by atoms with Crippen molar-refractivity contribution in [1.82, 2.24) is 25.0 Å². The van der Waals surface area contributed by atoms with Crippen molar-refractivity contribution in [2.24, 2.45) is 0 Å². The summed E-state index contributed by atoms with van der Waals surface area (Å²) in [4.78, 5) is 15.0. The Morgan fingerprint density at radius 3 is 2.63 bits per heavy atom. The van der Waals surface area contributed by atoms with E-state index < -0.39 is 0 Å². The molecule has 3 heterocycles. The van der Waals surface area contributed by atoms with Crippen LogP contribution in [0.1, 0.15) is 43.2 Å². The molecule has 2 aromatic heterocycles. The van der Waals surface area contributed by atoms with Crippen LogP contribution < -0.4 is 5.32 Å². The van der Waals surface area contributed by atoms with Crippen molar-refractivity contribution in [3.8, 4) is 17.3 Å². The zero-order chi connectivity index (χ0) is 26.2. The number of nitrogens with zero attached hydrogens (tertiary/aromatic N) is 4. The quantitative estimate of drug-likeness (QED) is 0.193. The average Bonchev–Trinajstić information content (AvgIpc) is 3.60. The summed E-state index contributed by atoms with van der Waals surface area (Å²) in [5.41, 5.74) is 3.53. The Balaban J connectivity index is 1.06. The van der Waals surface area contributed by atoms with Crippen LogP contribution in [0.5, 0.6) is 0 Å². The van der Waals surface area contributed by atoms with E-state index in [1.807, 2.05) is 22.8 Å². The SMILES string of the molecule is Cc1cccc(-n2c(SCCCCC(=O)NC3CCN(Cc4ccccc4)CC3)nnc2-c2ccco2)c1. The third-order valence-electron chi connectivity index (χ3n) is 6.87. The number of carbonyl (C=O) groups is 1. The van der Waals surface area contributed by atoms with Crippen molar-refractivity contribution in [3.05, 3.63) is 84.1 Å². The molecule has 1 aliphatic rings. The summed E-state index contributed by atoms with van der Waals surface area (Å²) in [5.74, 6) is 2.41. The monoisotopic (exact) mass is 529 g/mol. The number of hydrogen-bond donors (Lipinski definition) is 1. The van der Waals surface area contributed by atoms with Gasteiger partial charge in [0.2, 0.25) is 11.7 Å². The van der Waals surface area contributed by atoms with Crippen LogP contribution in [0.15, 0.2) is 82.6 Å². The number of rotatable bonds is 11. The lowest BCUT2D eigenvalue weighted by Gasteiger charge is -2.32. The minimum absolute atomic E-state index is 0.166. The summed E-state index contributed by atoms with van der Waals surface area (Å²) in [6, 6.07) is 22.9. The molecule has 7 nitrogen and oxygen atoms in total. The highest BCUT2D eigenvalue weighted by Crippen LogP contribution is 2.29. The Bertz CT molecular complexity index is 1300. The largest absolute Gasteiger partial charge is 0.461 e. The first kappa shape index (κ1) is 26.3. The van der Waals surface area contributed by atoms with Gasteiger partial charge in [0.1, 0.15) is 0 Å². The maximum absolute atomic E-state index is 12.6. The molecule has 0 radical (unpaired) electrons. The highest BCUT2D eigenvalue weighted by Gasteiger charge is 2.21. The number of furan rings is 1. The van der Waals surface area contributed by atoms with Crippen LogP contribution in [-0.4, -0.2) is 50.5 Å². The summed E-state index contributed by atoms with van der Waals surface area (Å²) in [6.07, 6.45) is 6.03. The van der Waals surface area contributed by atoms with Gasteiger partial charge < -0.3 is 9.73 Å². The molecule has 2 aromatic carbocycles. The van der Waals surface area contributed by atoms with Crippen LogP contribution in [-0.2, 0) is 11.3 Å². The van der Waals surface area contributed by atoms with Crippen molar-refractivity contribution in [3.63, 3.8) is 0 Å². The second kappa shape index (κ2) is 12.9. The fraction of sp³-hybridized carbons (Fsp3) is 0.367. The fourth-order valence-corrected chi connectivity index (χ4v) is 5.81. The molecule has 5 rings (SSSR count). The number of aryl methyl sites for hydroxylation is 1. The predicted octanol–water partition coefficient (Wildman–Crippen LogP) is 5.88. The van der Waals surface area contributed by atoms with Crippen LogP contribution in [0.3, 0.4) is 0 Å². The normalized spacial score (nSPS) is 14.6. The van der Waals surface area contributed by atoms with Crippen molar-refractivity contribution < 1.29 is 9.21 Å². The van der Waals surface area contributed by atoms with Gasteiger partial charge in [0.15, 0.2) is 10.9 Å². The van der Waals surface area contributed by atoms with Gasteiger partial charge in [-0.25, -0.2) is 0 Å². The smallest absolute Gasteiger partial charge is 0.220 e. The highest BCUT2D eigenvalue weighted by atomic mass is 32.2. The van der Waals surface area contributed by atoms with Gasteiger partial charge in [0, 0.05) is 37.8 Å². The third-order valence-corrected chi connectivity index (χ3v) is 7.88. The number of hydrogen-bond acceptors (Lipinski definition) is 6. The zero-order valence-corrected chi connectivity index (χ0v) is 22.7. The average molecular weight is 530 g/mol. The first-order valence-corrected chi connectivity index (χ1v) is 14.4. The molecule has 0 unspecified atom stereocenters. The maximum Gasteiger partial charge on any atom is 0.220 e. The van der Waals surface area contributed by atoms with E-state index in [0.29, 0.717) is 18.0 Å². The van der Waals surface area contributed by atoms with E-state index in [-0.39, 0.29) is 11.9 Å². The molecule has 0 atom stereocenters. The van der Waals surface area contributed by atoms with Crippen molar-refractivity contribution in [1.29, 1.82) is 0 Å². The summed E-state index contributed by atoms with van der Waals surface area (Å²) >= 11 is 1.66. The molecule has 1 saturated heterocycles. The van der Waals surface area contributed by atoms with E-state index >= 15 is 0 Å². The van der Waals surface area contributed by atoms with Gasteiger partial charge in [-0.2, -0.15) is 0 Å². The number of amides is 1. The minimum Gasteiger partial charge on any atom is -0.461 e. The summed E-state index contributed by atoms with van der Waals surface area (Å²) in [5, 5.41) is 13.0. The first-order chi connectivity index (χ1) is 18.7. The van der Waals surface area contributed by atoms with Gasteiger partial charge in [-0.3, -0.25) is 14.3 Å². The fourth-order valence-electron chi connectivity index (χ4n) is 4.86. The molecule has 38 heavy (non-hydrogen) atoms. The number of benzene rings is 2. The van der Waals surface area contributed by atoms with Crippen LogP contribution >= 0.6 is 11.8 Å². The molecule has 0 bridgehead atoms. The summed E-state index contributed by atoms with van der Waals surface area (Å²) in [6.45, 7) is 5.11. The van der Waals surface area contributed by atoms with Crippen LogP contribution in [0.4, 0.5) is 0 Å². The van der Waals surface area contributed by atoms with Crippen LogP contribution in [0.2, 0.25) is 0 Å². The Morgan fingerprint density at radius 1 is 1.03 bits per heavy atom. The van der Waals surface area contributed by atoms with Gasteiger partial charge in [-0.1, -0.05) is 54.2 Å². The lowest BCUT2D eigenvalue weighted by molar-refractivity contribution is -0.122. The van der Waals surface area contributed by atoms with Crippen LogP contribution in [0.25, 0.3) is 17.3 Å². The molecule has 1 aliphatic heterocycles. The van der Waals surface area contributed by atoms with E-state index in [9.17, 15) is 4.79 Å². The van der Waals surface area contributed by atoms with Crippen LogP contribution in [0, 0.1) is 6.92 Å². The summed E-state index contributed by atoms with van der Waals surface area (Å²) in [7, 11) is 0. The number of nitrogens with one attached hydrogen (secondary N) is 1. The molecule has 0 saturated carbocycles. The third kappa shape index (κ3) is 6.94. The lowest BCUT2D eigenvalue weighted by atomic mass is 10.0. The van der Waals surface area contributed by atoms with Gasteiger partial charge in [0.25, 0.3) is 0 Å². The Labute approximate surface area is 228 Å². The van der Waals surface area contributed by atoms with E-state index in [1.54, 1.807) is 18.0 Å². The number of carbonyl (C=O) groups excluding carboxylic acids is 1. The highest BCUT2D eigenvalue weighted by molar-refractivity contribution is 7.99. The second-order valence-corrected chi connectivity index (χ2v) is 10.9. The number of unbranched alkanes of at least 4 members (excludes halogenated alkanes) is 1. The standard InChI is InChI=1S/C30H35N5O2S/c1-23-9-7-12-26(21-23)35-29(27-13-8-19-37-27)32-33-30(35)38-20-6-5-14-28(36)31-25-15-17-34(18-16-25)22-24-10-3-2-4-11-24/h2-4,7-13,19,21,25H,5-6,14-18,20,22H2,1H3,(H,31,36). The topological polar surface area (TPSA) is 76.2 Å². The Morgan fingerprint density at radius 2 is 1.87 bits per heavy atom. The molecule has 4 aromatic rings. The molecule has 8 heteroatoms. The maximum atomic E-state index is 12.6.